The number of piperidine rings is 1. The van der Waals surface area contributed by atoms with Gasteiger partial charge in [0, 0.05) is 51.3 Å². The molecule has 0 aliphatic carbocycles. The normalized spacial score (nSPS) is 16.3. The van der Waals surface area contributed by atoms with Crippen molar-refractivity contribution in [2.75, 3.05) is 19.6 Å². The summed E-state index contributed by atoms with van der Waals surface area (Å²) in [6.07, 6.45) is 4.61. The van der Waals surface area contributed by atoms with Crippen LogP contribution in [0.5, 0.6) is 0 Å². The first-order valence-electron chi connectivity index (χ1n) is 9.19. The van der Waals surface area contributed by atoms with Crippen LogP contribution in [0.2, 0.25) is 0 Å². The van der Waals surface area contributed by atoms with Crippen LogP contribution in [0, 0.1) is 13.8 Å². The summed E-state index contributed by atoms with van der Waals surface area (Å²) in [6, 6.07) is 0.0964. The molecule has 0 saturated carbocycles. The van der Waals surface area contributed by atoms with Crippen LogP contribution in [0.25, 0.3) is 0 Å². The number of aromatic nitrogens is 2. The van der Waals surface area contributed by atoms with E-state index in [0.29, 0.717) is 32.4 Å². The Balaban J connectivity index is 0.00000338. The highest BCUT2D eigenvalue weighted by molar-refractivity contribution is 5.85. The molecule has 2 amide bonds. The number of likely N-dealkylation sites (tertiary alicyclic amines) is 1. The quantitative estimate of drug-likeness (QED) is 0.699. The summed E-state index contributed by atoms with van der Waals surface area (Å²) in [5.41, 5.74) is 8.69. The molecule has 2 heterocycles. The van der Waals surface area contributed by atoms with Crippen molar-refractivity contribution >= 4 is 36.6 Å². The zero-order valence-electron chi connectivity index (χ0n) is 16.5. The van der Waals surface area contributed by atoms with Crippen molar-refractivity contribution in [1.29, 1.82) is 0 Å². The molecule has 9 heteroatoms. The Bertz CT molecular complexity index is 621. The SMILES string of the molecule is Cc1nn(C)c(C)c1CCC(=O)N1CCCCC1CNC(=O)CCN.Cl.Cl. The van der Waals surface area contributed by atoms with Crippen LogP contribution in [0.15, 0.2) is 0 Å². The summed E-state index contributed by atoms with van der Waals surface area (Å²) in [6.45, 7) is 5.68. The van der Waals surface area contributed by atoms with E-state index in [4.69, 9.17) is 5.73 Å². The van der Waals surface area contributed by atoms with Crippen LogP contribution in [0.1, 0.15) is 49.1 Å². The van der Waals surface area contributed by atoms with Gasteiger partial charge in [-0.25, -0.2) is 0 Å². The fourth-order valence-corrected chi connectivity index (χ4v) is 3.55. The first-order chi connectivity index (χ1) is 11.9. The number of amides is 2. The monoisotopic (exact) mass is 421 g/mol. The van der Waals surface area contributed by atoms with Crippen molar-refractivity contribution in [3.63, 3.8) is 0 Å². The van der Waals surface area contributed by atoms with Crippen molar-refractivity contribution in [3.8, 4) is 0 Å². The molecule has 156 valence electrons. The lowest BCUT2D eigenvalue weighted by molar-refractivity contribution is -0.135. The van der Waals surface area contributed by atoms with Crippen LogP contribution >= 0.6 is 24.8 Å². The minimum Gasteiger partial charge on any atom is -0.354 e. The first-order valence-corrected chi connectivity index (χ1v) is 9.19. The zero-order valence-corrected chi connectivity index (χ0v) is 18.1. The smallest absolute Gasteiger partial charge is 0.223 e. The van der Waals surface area contributed by atoms with Gasteiger partial charge in [-0.1, -0.05) is 0 Å². The van der Waals surface area contributed by atoms with Gasteiger partial charge in [-0.3, -0.25) is 14.3 Å². The predicted molar refractivity (Wildman–Crippen MR) is 112 cm³/mol. The highest BCUT2D eigenvalue weighted by atomic mass is 35.5. The molecular weight excluding hydrogens is 389 g/mol. The Hall–Kier alpha value is -1.31. The van der Waals surface area contributed by atoms with E-state index >= 15 is 0 Å². The van der Waals surface area contributed by atoms with Crippen LogP contribution in [0.3, 0.4) is 0 Å². The third-order valence-electron chi connectivity index (χ3n) is 5.10. The van der Waals surface area contributed by atoms with Gasteiger partial charge in [0.1, 0.15) is 0 Å². The number of nitrogens with two attached hydrogens (primary N) is 1. The Morgan fingerprint density at radius 2 is 1.93 bits per heavy atom. The van der Waals surface area contributed by atoms with E-state index in [2.05, 4.69) is 10.4 Å². The van der Waals surface area contributed by atoms with E-state index in [1.165, 1.54) is 5.56 Å². The minimum absolute atomic E-state index is 0. The number of halogens is 2. The number of aryl methyl sites for hydroxylation is 2. The summed E-state index contributed by atoms with van der Waals surface area (Å²) in [7, 11) is 1.93. The molecule has 2 rings (SSSR count). The number of rotatable bonds is 7. The molecule has 0 aromatic carbocycles. The highest BCUT2D eigenvalue weighted by Gasteiger charge is 2.27. The van der Waals surface area contributed by atoms with Gasteiger partial charge < -0.3 is 16.0 Å². The number of carbonyl (C=O) groups is 2. The van der Waals surface area contributed by atoms with Gasteiger partial charge in [0.05, 0.1) is 5.69 Å². The molecule has 1 aliphatic heterocycles. The van der Waals surface area contributed by atoms with Gasteiger partial charge in [-0.15, -0.1) is 24.8 Å². The van der Waals surface area contributed by atoms with Crippen molar-refractivity contribution in [3.05, 3.63) is 17.0 Å². The van der Waals surface area contributed by atoms with E-state index in [-0.39, 0.29) is 42.7 Å². The summed E-state index contributed by atoms with van der Waals surface area (Å²) in [5, 5.41) is 7.32. The Morgan fingerprint density at radius 1 is 1.22 bits per heavy atom. The summed E-state index contributed by atoms with van der Waals surface area (Å²) in [4.78, 5) is 26.3. The first kappa shape index (κ1) is 25.7. The second-order valence-corrected chi connectivity index (χ2v) is 6.85. The topological polar surface area (TPSA) is 93.2 Å². The molecule has 1 aliphatic rings. The molecule has 1 fully saturated rings. The Morgan fingerprint density at radius 3 is 2.52 bits per heavy atom. The largest absolute Gasteiger partial charge is 0.354 e. The van der Waals surface area contributed by atoms with Gasteiger partial charge in [-0.05, 0) is 45.1 Å². The maximum atomic E-state index is 12.7. The van der Waals surface area contributed by atoms with Gasteiger partial charge >= 0.3 is 0 Å². The van der Waals surface area contributed by atoms with Gasteiger partial charge in [0.2, 0.25) is 11.8 Å². The molecule has 1 aromatic heterocycles. The highest BCUT2D eigenvalue weighted by Crippen LogP contribution is 2.20. The summed E-state index contributed by atoms with van der Waals surface area (Å²) in [5.74, 6) is 0.127. The van der Waals surface area contributed by atoms with E-state index in [1.54, 1.807) is 0 Å². The Labute approximate surface area is 174 Å². The van der Waals surface area contributed by atoms with Gasteiger partial charge in [0.15, 0.2) is 0 Å². The molecule has 1 saturated heterocycles. The van der Waals surface area contributed by atoms with E-state index in [0.717, 1.165) is 37.2 Å². The maximum Gasteiger partial charge on any atom is 0.223 e. The lowest BCUT2D eigenvalue weighted by Crippen LogP contribution is -2.49. The van der Waals surface area contributed by atoms with Gasteiger partial charge in [0.25, 0.3) is 0 Å². The average Bonchev–Trinajstić information content (AvgIpc) is 2.83. The second-order valence-electron chi connectivity index (χ2n) is 6.85. The van der Waals surface area contributed by atoms with Crippen molar-refractivity contribution in [1.82, 2.24) is 20.0 Å². The molecule has 0 spiro atoms. The lowest BCUT2D eigenvalue weighted by Gasteiger charge is -2.36. The minimum atomic E-state index is -0.0397. The van der Waals surface area contributed by atoms with Crippen molar-refractivity contribution < 1.29 is 9.59 Å². The Kier molecular flexibility index (Phi) is 11.6. The average molecular weight is 422 g/mol. The number of carbonyl (C=O) groups excluding carboxylic acids is 2. The van der Waals surface area contributed by atoms with Crippen LogP contribution < -0.4 is 11.1 Å². The number of hydrogen-bond acceptors (Lipinski definition) is 4. The fourth-order valence-electron chi connectivity index (χ4n) is 3.55. The molecule has 1 aromatic rings. The summed E-state index contributed by atoms with van der Waals surface area (Å²) >= 11 is 0. The fraction of sp³-hybridized carbons (Fsp3) is 0.722. The molecular formula is C18H33Cl2N5O2. The maximum absolute atomic E-state index is 12.7. The second kappa shape index (κ2) is 12.2. The lowest BCUT2D eigenvalue weighted by atomic mass is 10.00. The standard InChI is InChI=1S/C18H31N5O2.2ClH/c1-13-16(14(2)22(3)21-13)7-8-18(25)23-11-5-4-6-15(23)12-20-17(24)9-10-19;;/h15H,4-12,19H2,1-3H3,(H,20,24);2*1H. The zero-order chi connectivity index (χ0) is 18.4. The van der Waals surface area contributed by atoms with Crippen LogP contribution in [0.4, 0.5) is 0 Å². The predicted octanol–water partition coefficient (Wildman–Crippen LogP) is 1.66. The van der Waals surface area contributed by atoms with E-state index < -0.39 is 0 Å². The van der Waals surface area contributed by atoms with Crippen molar-refractivity contribution in [2.24, 2.45) is 12.8 Å². The number of nitrogens with one attached hydrogen (secondary N) is 1. The van der Waals surface area contributed by atoms with E-state index in [1.807, 2.05) is 30.5 Å². The van der Waals surface area contributed by atoms with Gasteiger partial charge in [-0.2, -0.15) is 5.10 Å². The molecule has 3 N–H and O–H groups in total. The van der Waals surface area contributed by atoms with E-state index in [9.17, 15) is 9.59 Å². The van der Waals surface area contributed by atoms with Crippen LogP contribution in [-0.2, 0) is 23.1 Å². The third kappa shape index (κ3) is 6.97. The summed E-state index contributed by atoms with van der Waals surface area (Å²) < 4.78 is 1.87. The molecule has 1 unspecified atom stereocenters. The number of nitrogens with zero attached hydrogens (tertiary/aromatic N) is 3. The van der Waals surface area contributed by atoms with Crippen LogP contribution in [-0.4, -0.2) is 52.2 Å². The molecule has 27 heavy (non-hydrogen) atoms. The molecule has 0 radical (unpaired) electrons. The molecule has 7 nitrogen and oxygen atoms in total. The number of hydrogen-bond donors (Lipinski definition) is 2. The third-order valence-corrected chi connectivity index (χ3v) is 5.10. The molecule has 0 bridgehead atoms. The van der Waals surface area contributed by atoms with Crippen molar-refractivity contribution in [2.45, 2.75) is 58.4 Å². The molecule has 1 atom stereocenters.